The van der Waals surface area contributed by atoms with Crippen molar-refractivity contribution in [3.8, 4) is 0 Å². The average molecular weight is 424 g/mol. The Balaban J connectivity index is 0.000000146. The van der Waals surface area contributed by atoms with Crippen molar-refractivity contribution in [3.05, 3.63) is 108 Å². The van der Waals surface area contributed by atoms with Gasteiger partial charge in [-0.15, -0.1) is 0 Å². The molecule has 0 fully saturated rings. The van der Waals surface area contributed by atoms with Gasteiger partial charge in [0.05, 0.1) is 6.61 Å². The summed E-state index contributed by atoms with van der Waals surface area (Å²) in [5.41, 5.74) is 7.45. The first-order valence-electron chi connectivity index (χ1n) is 11.3. The van der Waals surface area contributed by atoms with Crippen LogP contribution in [0.15, 0.2) is 96.8 Å². The molecule has 0 saturated heterocycles. The van der Waals surface area contributed by atoms with Gasteiger partial charge in [-0.2, -0.15) is 0 Å². The molecule has 0 amide bonds. The fourth-order valence-electron chi connectivity index (χ4n) is 4.43. The maximum absolute atomic E-state index is 9.18. The van der Waals surface area contributed by atoms with Crippen molar-refractivity contribution in [3.63, 3.8) is 0 Å². The van der Waals surface area contributed by atoms with Gasteiger partial charge in [-0.1, -0.05) is 60.2 Å². The Morgan fingerprint density at radius 3 is 2.53 bits per heavy atom. The van der Waals surface area contributed by atoms with Gasteiger partial charge in [-0.3, -0.25) is 4.79 Å². The van der Waals surface area contributed by atoms with E-state index < -0.39 is 0 Å². The van der Waals surface area contributed by atoms with Crippen LogP contribution in [0.3, 0.4) is 0 Å². The van der Waals surface area contributed by atoms with Gasteiger partial charge in [0.15, 0.2) is 0 Å². The van der Waals surface area contributed by atoms with Crippen LogP contribution in [0.4, 0.5) is 0 Å². The molecule has 0 spiro atoms. The SMILES string of the molecule is C1=CC2=C(CC1)CCc1c2ccc2ccccc12.CCOC=O.c1ccn2cccc2c1. The number of ether oxygens (including phenoxy) is 1. The normalized spacial score (nSPS) is 13.9. The Morgan fingerprint density at radius 1 is 0.906 bits per heavy atom. The number of carbonyl (C=O) groups is 1. The van der Waals surface area contributed by atoms with Gasteiger partial charge in [0.2, 0.25) is 0 Å². The molecule has 0 atom stereocenters. The first-order chi connectivity index (χ1) is 15.8. The smallest absolute Gasteiger partial charge is 0.293 e. The van der Waals surface area contributed by atoms with Crippen molar-refractivity contribution in [2.75, 3.05) is 6.61 Å². The van der Waals surface area contributed by atoms with Gasteiger partial charge in [0, 0.05) is 17.9 Å². The van der Waals surface area contributed by atoms with Crippen molar-refractivity contribution in [1.82, 2.24) is 4.40 Å². The van der Waals surface area contributed by atoms with E-state index in [2.05, 4.69) is 69.8 Å². The van der Waals surface area contributed by atoms with Crippen LogP contribution in [-0.2, 0) is 16.0 Å². The van der Waals surface area contributed by atoms with Gasteiger partial charge in [0.1, 0.15) is 0 Å². The number of nitrogens with zero attached hydrogens (tertiary/aromatic N) is 1. The summed E-state index contributed by atoms with van der Waals surface area (Å²) in [7, 11) is 0. The van der Waals surface area contributed by atoms with Crippen LogP contribution < -0.4 is 0 Å². The van der Waals surface area contributed by atoms with E-state index in [-0.39, 0.29) is 0 Å². The second kappa shape index (κ2) is 10.6. The lowest BCUT2D eigenvalue weighted by molar-refractivity contribution is -0.128. The van der Waals surface area contributed by atoms with Crippen LogP contribution in [0.25, 0.3) is 21.9 Å². The molecule has 4 aromatic rings. The van der Waals surface area contributed by atoms with Crippen LogP contribution in [0.1, 0.15) is 37.3 Å². The van der Waals surface area contributed by atoms with Gasteiger partial charge >= 0.3 is 0 Å². The number of benzene rings is 2. The molecule has 2 aliphatic rings. The molecule has 32 heavy (non-hydrogen) atoms. The van der Waals surface area contributed by atoms with E-state index in [9.17, 15) is 4.79 Å². The fraction of sp³-hybridized carbons (Fsp3) is 0.207. The molecule has 2 aromatic carbocycles. The molecule has 0 aliphatic heterocycles. The highest BCUT2D eigenvalue weighted by Gasteiger charge is 2.20. The Labute approximate surface area is 189 Å². The molecule has 0 saturated carbocycles. The number of aryl methyl sites for hydroxylation is 1. The minimum absolute atomic E-state index is 0.431. The van der Waals surface area contributed by atoms with Gasteiger partial charge < -0.3 is 9.14 Å². The lowest BCUT2D eigenvalue weighted by Crippen LogP contribution is -2.06. The second-order valence-electron chi connectivity index (χ2n) is 7.86. The van der Waals surface area contributed by atoms with Crippen LogP contribution in [0.2, 0.25) is 0 Å². The highest BCUT2D eigenvalue weighted by Crippen LogP contribution is 2.39. The summed E-state index contributed by atoms with van der Waals surface area (Å²) < 4.78 is 6.24. The highest BCUT2D eigenvalue weighted by molar-refractivity contribution is 5.93. The number of aromatic nitrogens is 1. The molecule has 3 heteroatoms. The molecule has 2 aromatic heterocycles. The molecule has 6 rings (SSSR count). The molecule has 3 nitrogen and oxygen atoms in total. The number of pyridine rings is 1. The summed E-state index contributed by atoms with van der Waals surface area (Å²) in [6, 6.07) is 23.6. The topological polar surface area (TPSA) is 30.7 Å². The number of rotatable bonds is 2. The van der Waals surface area contributed by atoms with Crippen LogP contribution in [0, 0.1) is 0 Å². The largest absolute Gasteiger partial charge is 0.468 e. The number of fused-ring (bicyclic) bond motifs is 5. The molecular weight excluding hydrogens is 394 g/mol. The predicted molar refractivity (Wildman–Crippen MR) is 133 cm³/mol. The Morgan fingerprint density at radius 2 is 1.72 bits per heavy atom. The van der Waals surface area contributed by atoms with Crippen molar-refractivity contribution in [2.24, 2.45) is 0 Å². The Bertz CT molecular complexity index is 1230. The lowest BCUT2D eigenvalue weighted by atomic mass is 9.80. The number of hydrogen-bond acceptors (Lipinski definition) is 2. The first kappa shape index (κ1) is 21.6. The molecule has 0 bridgehead atoms. The quantitative estimate of drug-likeness (QED) is 0.325. The third-order valence-corrected chi connectivity index (χ3v) is 5.96. The Kier molecular flexibility index (Phi) is 7.19. The molecule has 0 unspecified atom stereocenters. The fourth-order valence-corrected chi connectivity index (χ4v) is 4.43. The molecule has 0 radical (unpaired) electrons. The second-order valence-corrected chi connectivity index (χ2v) is 7.86. The number of carbonyl (C=O) groups excluding carboxylic acids is 1. The molecule has 2 heterocycles. The summed E-state index contributed by atoms with van der Waals surface area (Å²) in [5.74, 6) is 0. The minimum Gasteiger partial charge on any atom is -0.468 e. The third-order valence-electron chi connectivity index (χ3n) is 5.96. The Hall–Kier alpha value is -3.59. The van der Waals surface area contributed by atoms with Crippen molar-refractivity contribution in [1.29, 1.82) is 0 Å². The van der Waals surface area contributed by atoms with E-state index in [1.165, 1.54) is 53.1 Å². The van der Waals surface area contributed by atoms with E-state index in [0.29, 0.717) is 13.1 Å². The monoisotopic (exact) mass is 423 g/mol. The van der Waals surface area contributed by atoms with Crippen LogP contribution in [-0.4, -0.2) is 17.5 Å². The maximum atomic E-state index is 9.18. The standard InChI is InChI=1S/C18H16.C8H7N.C3H6O2/c1-3-7-15-13(5-1)9-11-18-16-8-4-2-6-14(16)10-12-17(15)18;1-2-6-9-7-3-5-8(9)4-1;1-2-5-3-4/h1,3-5,7-9,11H,2,6,10,12H2;1-7H;3H,2H2,1H3. The summed E-state index contributed by atoms with van der Waals surface area (Å²) in [5, 5.41) is 2.82. The lowest BCUT2D eigenvalue weighted by Gasteiger charge is -2.25. The summed E-state index contributed by atoms with van der Waals surface area (Å²) in [6.07, 6.45) is 13.7. The van der Waals surface area contributed by atoms with Gasteiger partial charge in [-0.05, 0) is 84.3 Å². The number of hydrogen-bond donors (Lipinski definition) is 0. The highest BCUT2D eigenvalue weighted by atomic mass is 16.5. The van der Waals surface area contributed by atoms with Crippen LogP contribution in [0.5, 0.6) is 0 Å². The van der Waals surface area contributed by atoms with Crippen molar-refractivity contribution >= 4 is 28.3 Å². The zero-order chi connectivity index (χ0) is 22.2. The summed E-state index contributed by atoms with van der Waals surface area (Å²) in [4.78, 5) is 9.18. The zero-order valence-corrected chi connectivity index (χ0v) is 18.5. The minimum atomic E-state index is 0.431. The summed E-state index contributed by atoms with van der Waals surface area (Å²) >= 11 is 0. The van der Waals surface area contributed by atoms with Gasteiger partial charge in [-0.25, -0.2) is 0 Å². The molecule has 162 valence electrons. The van der Waals surface area contributed by atoms with E-state index in [0.717, 1.165) is 0 Å². The first-order valence-corrected chi connectivity index (χ1v) is 11.3. The maximum Gasteiger partial charge on any atom is 0.293 e. The molecule has 0 N–H and O–H groups in total. The van der Waals surface area contributed by atoms with E-state index in [4.69, 9.17) is 0 Å². The summed E-state index contributed by atoms with van der Waals surface area (Å²) in [6.45, 7) is 2.66. The van der Waals surface area contributed by atoms with E-state index in [1.807, 2.05) is 30.6 Å². The van der Waals surface area contributed by atoms with E-state index in [1.54, 1.807) is 18.1 Å². The molecule has 2 aliphatic carbocycles. The third kappa shape index (κ3) is 4.83. The van der Waals surface area contributed by atoms with E-state index >= 15 is 0 Å². The number of allylic oxidation sites excluding steroid dienone is 4. The van der Waals surface area contributed by atoms with Crippen molar-refractivity contribution < 1.29 is 9.53 Å². The zero-order valence-electron chi connectivity index (χ0n) is 18.5. The predicted octanol–water partition coefficient (Wildman–Crippen LogP) is 7.01. The van der Waals surface area contributed by atoms with Gasteiger partial charge in [0.25, 0.3) is 6.47 Å². The van der Waals surface area contributed by atoms with Crippen molar-refractivity contribution in [2.45, 2.75) is 32.6 Å². The van der Waals surface area contributed by atoms with Crippen LogP contribution >= 0.6 is 0 Å². The average Bonchev–Trinajstić information content (AvgIpc) is 3.34. The molecular formula is C29H29NO2.